The lowest BCUT2D eigenvalue weighted by Gasteiger charge is -2.63. The Labute approximate surface area is 208 Å². The largest absolute Gasteiger partial charge is 0.469 e. The number of carbonyl (C=O) groups is 4. The van der Waals surface area contributed by atoms with Crippen molar-refractivity contribution in [3.05, 3.63) is 23.3 Å². The lowest BCUT2D eigenvalue weighted by molar-refractivity contribution is -0.177. The van der Waals surface area contributed by atoms with Gasteiger partial charge in [0.15, 0.2) is 11.6 Å². The molecule has 5 aliphatic carbocycles. The average molecular weight is 482 g/mol. The number of methoxy groups -OCH3 is 1. The molecule has 0 aromatic rings. The van der Waals surface area contributed by atoms with Crippen molar-refractivity contribution in [3.8, 4) is 0 Å². The minimum Gasteiger partial charge on any atom is -0.469 e. The highest BCUT2D eigenvalue weighted by molar-refractivity contribution is 6.19. The first-order valence-corrected chi connectivity index (χ1v) is 13.2. The van der Waals surface area contributed by atoms with Crippen LogP contribution in [-0.2, 0) is 23.9 Å². The van der Waals surface area contributed by atoms with Gasteiger partial charge in [-0.2, -0.15) is 0 Å². The summed E-state index contributed by atoms with van der Waals surface area (Å²) in [6.45, 7) is 8.85. The van der Waals surface area contributed by atoms with E-state index in [2.05, 4.69) is 27.7 Å². The zero-order chi connectivity index (χ0) is 25.6. The van der Waals surface area contributed by atoms with Crippen LogP contribution in [0.2, 0.25) is 0 Å². The van der Waals surface area contributed by atoms with E-state index in [1.807, 2.05) is 6.08 Å². The number of hydrogen-bond acceptors (Lipinski definition) is 5. The molecule has 35 heavy (non-hydrogen) atoms. The van der Waals surface area contributed by atoms with Crippen LogP contribution in [0.5, 0.6) is 0 Å². The monoisotopic (exact) mass is 481 g/mol. The first-order chi connectivity index (χ1) is 16.3. The molecule has 190 valence electrons. The van der Waals surface area contributed by atoms with Gasteiger partial charge in [-0.3, -0.25) is 19.2 Å². The Morgan fingerprint density at radius 2 is 1.71 bits per heavy atom. The molecule has 3 saturated carbocycles. The second-order valence-electron chi connectivity index (χ2n) is 13.2. The SMILES string of the molecule is COC(=O)C12CCC3C(C(=O)C=C4C5(C)C=C(C(N)=O)C(=O)CC5CCC43C)C1CC(C)(C)CC2. The van der Waals surface area contributed by atoms with E-state index in [1.165, 1.54) is 7.11 Å². The third-order valence-corrected chi connectivity index (χ3v) is 11.0. The van der Waals surface area contributed by atoms with Crippen molar-refractivity contribution in [2.75, 3.05) is 7.11 Å². The summed E-state index contributed by atoms with van der Waals surface area (Å²) in [5, 5.41) is 0. The van der Waals surface area contributed by atoms with E-state index in [0.29, 0.717) is 6.42 Å². The summed E-state index contributed by atoms with van der Waals surface area (Å²) in [5.41, 5.74) is 5.41. The zero-order valence-electron chi connectivity index (χ0n) is 21.7. The maximum Gasteiger partial charge on any atom is 0.312 e. The van der Waals surface area contributed by atoms with Gasteiger partial charge in [0, 0.05) is 17.8 Å². The van der Waals surface area contributed by atoms with Crippen LogP contribution in [0.15, 0.2) is 23.3 Å². The molecule has 1 amide bonds. The first kappa shape index (κ1) is 24.5. The molecule has 0 spiro atoms. The molecule has 0 bridgehead atoms. The summed E-state index contributed by atoms with van der Waals surface area (Å²) < 4.78 is 5.35. The summed E-state index contributed by atoms with van der Waals surface area (Å²) >= 11 is 0. The average Bonchev–Trinajstić information content (AvgIpc) is 2.79. The maximum absolute atomic E-state index is 14.0. The van der Waals surface area contributed by atoms with Crippen LogP contribution in [0.1, 0.15) is 79.1 Å². The van der Waals surface area contributed by atoms with E-state index in [0.717, 1.165) is 50.5 Å². The van der Waals surface area contributed by atoms with Gasteiger partial charge in [-0.05, 0) is 79.6 Å². The summed E-state index contributed by atoms with van der Waals surface area (Å²) in [5.74, 6) is -0.969. The van der Waals surface area contributed by atoms with E-state index < -0.39 is 16.7 Å². The topological polar surface area (TPSA) is 104 Å². The lowest BCUT2D eigenvalue weighted by Crippen LogP contribution is -2.60. The number of nitrogens with two attached hydrogens (primary N) is 1. The van der Waals surface area contributed by atoms with Gasteiger partial charge in [-0.15, -0.1) is 0 Å². The minimum absolute atomic E-state index is 0.0326. The van der Waals surface area contributed by atoms with Gasteiger partial charge in [-0.25, -0.2) is 0 Å². The number of ether oxygens (including phenoxy) is 1. The van der Waals surface area contributed by atoms with Gasteiger partial charge >= 0.3 is 5.97 Å². The van der Waals surface area contributed by atoms with Crippen LogP contribution in [0.3, 0.4) is 0 Å². The van der Waals surface area contributed by atoms with E-state index in [4.69, 9.17) is 10.5 Å². The van der Waals surface area contributed by atoms with E-state index >= 15 is 0 Å². The van der Waals surface area contributed by atoms with Crippen molar-refractivity contribution in [1.82, 2.24) is 0 Å². The Hall–Kier alpha value is -2.24. The standard InChI is InChI=1S/C29H39NO5/c1-26(2)10-11-29(25(34)35-5)9-7-18-23(19(29)15-26)21(32)13-22-27(18,3)8-6-16-12-20(31)17(24(30)33)14-28(16,22)4/h13-14,16,18-19,23H,6-12,15H2,1-5H3,(H2,30,33). The molecular weight excluding hydrogens is 442 g/mol. The van der Waals surface area contributed by atoms with Crippen LogP contribution in [0.25, 0.3) is 0 Å². The number of fused-ring (bicyclic) bond motifs is 7. The van der Waals surface area contributed by atoms with E-state index in [-0.39, 0.29) is 57.6 Å². The van der Waals surface area contributed by atoms with Gasteiger partial charge in [0.05, 0.1) is 18.1 Å². The molecule has 0 aromatic heterocycles. The number of rotatable bonds is 2. The zero-order valence-corrected chi connectivity index (χ0v) is 21.7. The van der Waals surface area contributed by atoms with Gasteiger partial charge in [-0.1, -0.05) is 39.3 Å². The molecule has 5 aliphatic rings. The Kier molecular flexibility index (Phi) is 5.33. The molecule has 0 aromatic carbocycles. The summed E-state index contributed by atoms with van der Waals surface area (Å²) in [6.07, 6.45) is 9.81. The summed E-state index contributed by atoms with van der Waals surface area (Å²) in [7, 11) is 1.47. The molecule has 7 unspecified atom stereocenters. The van der Waals surface area contributed by atoms with Crippen LogP contribution in [-0.4, -0.2) is 30.6 Å². The Morgan fingerprint density at radius 3 is 2.37 bits per heavy atom. The summed E-state index contributed by atoms with van der Waals surface area (Å²) in [6, 6.07) is 0. The number of hydrogen-bond donors (Lipinski definition) is 1. The molecule has 6 heteroatoms. The minimum atomic E-state index is -0.687. The van der Waals surface area contributed by atoms with Crippen molar-refractivity contribution in [3.63, 3.8) is 0 Å². The van der Waals surface area contributed by atoms with Crippen molar-refractivity contribution in [1.29, 1.82) is 0 Å². The Bertz CT molecular complexity index is 1080. The normalized spacial score (nSPS) is 44.0. The predicted octanol–water partition coefficient (Wildman–Crippen LogP) is 4.31. The second kappa shape index (κ2) is 7.63. The molecule has 0 aliphatic heterocycles. The molecule has 0 heterocycles. The number of allylic oxidation sites excluding steroid dienone is 3. The van der Waals surface area contributed by atoms with Crippen molar-refractivity contribution in [2.24, 2.45) is 51.1 Å². The van der Waals surface area contributed by atoms with Crippen molar-refractivity contribution < 1.29 is 23.9 Å². The molecule has 6 nitrogen and oxygen atoms in total. The fourth-order valence-electron chi connectivity index (χ4n) is 9.08. The first-order valence-electron chi connectivity index (χ1n) is 13.2. The molecule has 3 fully saturated rings. The van der Waals surface area contributed by atoms with Crippen molar-refractivity contribution in [2.45, 2.75) is 79.1 Å². The second-order valence-corrected chi connectivity index (χ2v) is 13.2. The maximum atomic E-state index is 14.0. The number of ketones is 2. The van der Waals surface area contributed by atoms with Gasteiger partial charge in [0.25, 0.3) is 5.91 Å². The van der Waals surface area contributed by atoms with Crippen LogP contribution < -0.4 is 5.73 Å². The lowest BCUT2D eigenvalue weighted by atomic mass is 9.40. The highest BCUT2D eigenvalue weighted by atomic mass is 16.5. The third kappa shape index (κ3) is 3.27. The fourth-order valence-corrected chi connectivity index (χ4v) is 9.08. The van der Waals surface area contributed by atoms with E-state index in [1.54, 1.807) is 6.08 Å². The molecular formula is C29H39NO5. The number of carbonyl (C=O) groups excluding carboxylic acids is 4. The number of esters is 1. The Balaban J connectivity index is 1.63. The predicted molar refractivity (Wildman–Crippen MR) is 131 cm³/mol. The van der Waals surface area contributed by atoms with Crippen molar-refractivity contribution >= 4 is 23.4 Å². The Morgan fingerprint density at radius 1 is 1.00 bits per heavy atom. The van der Waals surface area contributed by atoms with Crippen LogP contribution in [0, 0.1) is 45.3 Å². The van der Waals surface area contributed by atoms with Crippen LogP contribution in [0.4, 0.5) is 0 Å². The van der Waals surface area contributed by atoms with Gasteiger partial charge < -0.3 is 10.5 Å². The molecule has 5 rings (SSSR count). The molecule has 7 atom stereocenters. The van der Waals surface area contributed by atoms with Crippen LogP contribution >= 0.6 is 0 Å². The smallest absolute Gasteiger partial charge is 0.312 e. The van der Waals surface area contributed by atoms with Gasteiger partial charge in [0.1, 0.15) is 0 Å². The quantitative estimate of drug-likeness (QED) is 0.467. The van der Waals surface area contributed by atoms with Gasteiger partial charge in [0.2, 0.25) is 0 Å². The molecule has 0 radical (unpaired) electrons. The molecule has 2 N–H and O–H groups in total. The number of Topliss-reactive ketones (excluding diaryl/α,β-unsaturated/α-hetero) is 1. The molecule has 0 saturated heterocycles. The van der Waals surface area contributed by atoms with E-state index in [9.17, 15) is 19.2 Å². The number of amides is 1. The summed E-state index contributed by atoms with van der Waals surface area (Å²) in [4.78, 5) is 51.9. The number of primary amides is 1. The highest BCUT2D eigenvalue weighted by Crippen LogP contribution is 2.69. The highest BCUT2D eigenvalue weighted by Gasteiger charge is 2.65. The third-order valence-electron chi connectivity index (χ3n) is 11.0. The fraction of sp³-hybridized carbons (Fsp3) is 0.724.